The minimum atomic E-state index is -0.569. The number of benzene rings is 1. The van der Waals surface area contributed by atoms with Gasteiger partial charge in [-0.15, -0.1) is 0 Å². The zero-order valence-corrected chi connectivity index (χ0v) is 10.6. The lowest BCUT2D eigenvalue weighted by Gasteiger charge is -2.02. The van der Waals surface area contributed by atoms with Crippen LogP contribution in [0.3, 0.4) is 0 Å². The third-order valence-electron chi connectivity index (χ3n) is 3.02. The van der Waals surface area contributed by atoms with Gasteiger partial charge in [0.25, 0.3) is 13.7 Å². The monoisotopic (exact) mass is 281 g/mol. The fourth-order valence-electron chi connectivity index (χ4n) is 2.05. The van der Waals surface area contributed by atoms with E-state index in [2.05, 4.69) is 15.1 Å². The summed E-state index contributed by atoms with van der Waals surface area (Å²) >= 11 is 0. The van der Waals surface area contributed by atoms with Crippen molar-refractivity contribution >= 4 is 36.2 Å². The van der Waals surface area contributed by atoms with Gasteiger partial charge in [0.2, 0.25) is 0 Å². The first-order valence-electron chi connectivity index (χ1n) is 5.77. The van der Waals surface area contributed by atoms with Crippen LogP contribution in [0.25, 0.3) is 22.3 Å². The normalized spacial score (nSPS) is 10.9. The van der Waals surface area contributed by atoms with Gasteiger partial charge in [0, 0.05) is 11.6 Å². The Kier molecular flexibility index (Phi) is 2.72. The number of aromatic nitrogens is 4. The van der Waals surface area contributed by atoms with Crippen LogP contribution in [0.5, 0.6) is 0 Å². The molecule has 102 valence electrons. The zero-order chi connectivity index (χ0) is 15.1. The molecule has 0 unspecified atom stereocenters. The molecule has 0 atom stereocenters. The van der Waals surface area contributed by atoms with Gasteiger partial charge < -0.3 is 16.1 Å². The van der Waals surface area contributed by atoms with Crippen molar-refractivity contribution in [3.05, 3.63) is 34.6 Å². The molecule has 21 heavy (non-hydrogen) atoms. The maximum absolute atomic E-state index is 11.0. The summed E-state index contributed by atoms with van der Waals surface area (Å²) in [5, 5.41) is 15.5. The Balaban J connectivity index is 2.31. The van der Waals surface area contributed by atoms with Gasteiger partial charge in [-0.05, 0) is 6.07 Å². The molecule has 0 bridgehead atoms. The molecule has 3 aromatic rings. The molecular weight excluding hydrogens is 273 g/mol. The van der Waals surface area contributed by atoms with E-state index in [0.29, 0.717) is 22.3 Å². The average Bonchev–Trinajstić information content (AvgIpc) is 2.78. The highest BCUT2D eigenvalue weighted by Crippen LogP contribution is 2.33. The topological polar surface area (TPSA) is 139 Å². The summed E-state index contributed by atoms with van der Waals surface area (Å²) < 4.78 is 1.05. The summed E-state index contributed by atoms with van der Waals surface area (Å²) in [6.07, 6.45) is 1.26. The maximum Gasteiger partial charge on any atom is 0.292 e. The fraction of sp³-hybridized carbons (Fsp3) is 0. The van der Waals surface area contributed by atoms with E-state index in [4.69, 9.17) is 19.4 Å². The largest absolute Gasteiger partial charge is 0.393 e. The van der Waals surface area contributed by atoms with E-state index < -0.39 is 4.92 Å². The maximum atomic E-state index is 11.0. The Morgan fingerprint density at radius 1 is 1.29 bits per heavy atom. The number of hydrogen-bond acceptors (Lipinski definition) is 7. The molecule has 2 heterocycles. The Bertz CT molecular complexity index is 876. The Hall–Kier alpha value is -3.17. The van der Waals surface area contributed by atoms with Crippen LogP contribution in [0.1, 0.15) is 0 Å². The second kappa shape index (κ2) is 4.44. The van der Waals surface area contributed by atoms with Crippen LogP contribution in [0, 0.1) is 10.1 Å². The SMILES string of the molecule is [B]n1nc(-c2ccc(N)c([N+](=O)[O-])c2)c2c(N)ncnc21. The number of anilines is 2. The summed E-state index contributed by atoms with van der Waals surface area (Å²) in [5.41, 5.74) is 12.4. The van der Waals surface area contributed by atoms with Crippen LogP contribution in [0.15, 0.2) is 24.5 Å². The molecule has 0 aliphatic carbocycles. The lowest BCUT2D eigenvalue weighted by atomic mass is 10.1. The van der Waals surface area contributed by atoms with Gasteiger partial charge in [0.15, 0.2) is 0 Å². The molecule has 10 heteroatoms. The van der Waals surface area contributed by atoms with Crippen LogP contribution in [0.4, 0.5) is 17.2 Å². The van der Waals surface area contributed by atoms with Crippen molar-refractivity contribution in [1.29, 1.82) is 0 Å². The molecule has 1 aromatic carbocycles. The van der Waals surface area contributed by atoms with E-state index in [9.17, 15) is 10.1 Å². The van der Waals surface area contributed by atoms with Crippen molar-refractivity contribution in [3.63, 3.8) is 0 Å². The molecule has 0 aliphatic rings. The minimum absolute atomic E-state index is 0.0597. The second-order valence-corrected chi connectivity index (χ2v) is 4.28. The summed E-state index contributed by atoms with van der Waals surface area (Å²) in [6, 6.07) is 4.33. The molecule has 0 amide bonds. The number of nitro groups is 1. The molecule has 3 rings (SSSR count). The minimum Gasteiger partial charge on any atom is -0.393 e. The quantitative estimate of drug-likeness (QED) is 0.301. The van der Waals surface area contributed by atoms with E-state index in [1.54, 1.807) is 6.07 Å². The van der Waals surface area contributed by atoms with Crippen LogP contribution in [-0.2, 0) is 0 Å². The van der Waals surface area contributed by atoms with E-state index in [1.165, 1.54) is 18.5 Å². The van der Waals surface area contributed by atoms with Crippen molar-refractivity contribution in [2.24, 2.45) is 0 Å². The fourth-order valence-corrected chi connectivity index (χ4v) is 2.05. The van der Waals surface area contributed by atoms with Crippen molar-refractivity contribution in [1.82, 2.24) is 19.7 Å². The van der Waals surface area contributed by atoms with Crippen molar-refractivity contribution in [3.8, 4) is 11.3 Å². The highest BCUT2D eigenvalue weighted by Gasteiger charge is 2.18. The molecule has 4 N–H and O–H groups in total. The number of rotatable bonds is 2. The zero-order valence-electron chi connectivity index (χ0n) is 10.6. The van der Waals surface area contributed by atoms with Crippen molar-refractivity contribution < 1.29 is 4.92 Å². The van der Waals surface area contributed by atoms with Gasteiger partial charge in [0.05, 0.1) is 10.3 Å². The van der Waals surface area contributed by atoms with E-state index in [0.717, 1.165) is 4.59 Å². The third-order valence-corrected chi connectivity index (χ3v) is 3.02. The predicted molar refractivity (Wildman–Crippen MR) is 77.4 cm³/mol. The molecule has 0 spiro atoms. The summed E-state index contributed by atoms with van der Waals surface area (Å²) in [6.45, 7) is 0. The Labute approximate surface area is 119 Å². The van der Waals surface area contributed by atoms with Gasteiger partial charge in [-0.25, -0.2) is 9.97 Å². The van der Waals surface area contributed by atoms with Crippen LogP contribution in [-0.4, -0.2) is 32.6 Å². The number of nitrogens with zero attached hydrogens (tertiary/aromatic N) is 5. The highest BCUT2D eigenvalue weighted by molar-refractivity contribution is 6.13. The number of nitrogen functional groups attached to an aromatic ring is 2. The predicted octanol–water partition coefficient (Wildman–Crippen LogP) is 0.497. The number of hydrogen-bond donors (Lipinski definition) is 2. The molecule has 0 saturated carbocycles. The Morgan fingerprint density at radius 3 is 2.76 bits per heavy atom. The number of nitrogens with two attached hydrogens (primary N) is 2. The Morgan fingerprint density at radius 2 is 2.05 bits per heavy atom. The van der Waals surface area contributed by atoms with Gasteiger partial charge in [-0.1, -0.05) is 6.07 Å². The standard InChI is InChI=1S/C11H8BN7O2/c12-18-11-8(10(14)15-4-16-11)9(17-18)5-1-2-6(13)7(3-5)19(20)21/h1-4H,13H2,(H2,14,15,16). The molecule has 2 radical (unpaired) electrons. The van der Waals surface area contributed by atoms with Crippen LogP contribution >= 0.6 is 0 Å². The van der Waals surface area contributed by atoms with Gasteiger partial charge >= 0.3 is 0 Å². The summed E-state index contributed by atoms with van der Waals surface area (Å²) in [5.74, 6) is 0.186. The first kappa shape index (κ1) is 12.8. The third kappa shape index (κ3) is 1.93. The molecule has 0 saturated heterocycles. The van der Waals surface area contributed by atoms with Gasteiger partial charge in [-0.2, -0.15) is 5.10 Å². The van der Waals surface area contributed by atoms with Crippen molar-refractivity contribution in [2.45, 2.75) is 0 Å². The molecule has 9 nitrogen and oxygen atoms in total. The van der Waals surface area contributed by atoms with Crippen LogP contribution < -0.4 is 11.5 Å². The number of fused-ring (bicyclic) bond motifs is 1. The highest BCUT2D eigenvalue weighted by atomic mass is 16.6. The number of nitro benzene ring substituents is 1. The van der Waals surface area contributed by atoms with E-state index in [1.807, 2.05) is 0 Å². The van der Waals surface area contributed by atoms with E-state index in [-0.39, 0.29) is 17.2 Å². The second-order valence-electron chi connectivity index (χ2n) is 4.28. The average molecular weight is 281 g/mol. The van der Waals surface area contributed by atoms with E-state index >= 15 is 0 Å². The molecule has 2 aromatic heterocycles. The van der Waals surface area contributed by atoms with Gasteiger partial charge in [-0.3, -0.25) is 10.1 Å². The van der Waals surface area contributed by atoms with Gasteiger partial charge in [0.1, 0.15) is 29.2 Å². The summed E-state index contributed by atoms with van der Waals surface area (Å²) in [7, 11) is 5.71. The lowest BCUT2D eigenvalue weighted by Crippen LogP contribution is -1.97. The first-order valence-corrected chi connectivity index (χ1v) is 5.77. The smallest absolute Gasteiger partial charge is 0.292 e. The van der Waals surface area contributed by atoms with Crippen LogP contribution in [0.2, 0.25) is 0 Å². The molecule has 0 fully saturated rings. The lowest BCUT2D eigenvalue weighted by molar-refractivity contribution is -0.383. The first-order chi connectivity index (χ1) is 9.99. The summed E-state index contributed by atoms with van der Waals surface area (Å²) in [4.78, 5) is 18.3. The molecular formula is C11H8BN7O2. The van der Waals surface area contributed by atoms with Crippen molar-refractivity contribution in [2.75, 3.05) is 11.5 Å². The molecule has 0 aliphatic heterocycles.